The molecule has 254 valence electrons. The topological polar surface area (TPSA) is 175 Å². The molecule has 14 nitrogen and oxygen atoms in total. The number of hydrogen-bond donors (Lipinski definition) is 0. The number of carbonyl (C=O) groups excluding carboxylic acids is 1. The summed E-state index contributed by atoms with van der Waals surface area (Å²) in [5, 5.41) is 22.8. The van der Waals surface area contributed by atoms with E-state index in [1.165, 1.54) is 11.7 Å². The summed E-state index contributed by atoms with van der Waals surface area (Å²) in [6.07, 6.45) is 1.47. The van der Waals surface area contributed by atoms with Crippen molar-refractivity contribution in [3.63, 3.8) is 0 Å². The molecule has 0 saturated carbocycles. The zero-order valence-corrected chi connectivity index (χ0v) is 29.8. The molecule has 0 unspecified atom stereocenters. The number of halogens is 1. The fourth-order valence-corrected chi connectivity index (χ4v) is 6.97. The number of esters is 1. The van der Waals surface area contributed by atoms with Gasteiger partial charge in [0.25, 0.3) is 11.2 Å². The second-order valence-electron chi connectivity index (χ2n) is 10.8. The second kappa shape index (κ2) is 14.6. The number of ether oxygens (including phenoxy) is 4. The van der Waals surface area contributed by atoms with Crippen LogP contribution in [0.3, 0.4) is 0 Å². The number of nitrogens with zero attached hydrogens (tertiary/aromatic N) is 4. The molecule has 0 aliphatic carbocycles. The summed E-state index contributed by atoms with van der Waals surface area (Å²) in [5.74, 6) is 0.0244. The van der Waals surface area contributed by atoms with Gasteiger partial charge in [-0.05, 0) is 86.2 Å². The van der Waals surface area contributed by atoms with Gasteiger partial charge in [-0.15, -0.1) is 0 Å². The zero-order chi connectivity index (χ0) is 35.6. The molecule has 2 heterocycles. The van der Waals surface area contributed by atoms with Crippen LogP contribution in [-0.4, -0.2) is 40.2 Å². The van der Waals surface area contributed by atoms with Crippen molar-refractivity contribution in [2.45, 2.75) is 39.8 Å². The van der Waals surface area contributed by atoms with Gasteiger partial charge >= 0.3 is 11.7 Å². The van der Waals surface area contributed by atoms with Crippen molar-refractivity contribution in [2.75, 3.05) is 13.7 Å². The van der Waals surface area contributed by atoms with E-state index in [-0.39, 0.29) is 35.5 Å². The first-order chi connectivity index (χ1) is 23.3. The van der Waals surface area contributed by atoms with Crippen LogP contribution in [0.2, 0.25) is 0 Å². The summed E-state index contributed by atoms with van der Waals surface area (Å²) in [5.41, 5.74) is 0.313. The Balaban J connectivity index is 1.63. The van der Waals surface area contributed by atoms with E-state index >= 15 is 0 Å². The molecule has 4 aromatic rings. The van der Waals surface area contributed by atoms with E-state index in [2.05, 4.69) is 4.99 Å². The van der Waals surface area contributed by atoms with Crippen LogP contribution >= 0.6 is 33.9 Å². The van der Waals surface area contributed by atoms with Gasteiger partial charge < -0.3 is 18.9 Å². The maximum Gasteiger partial charge on any atom is 0.338 e. The predicted octanol–water partition coefficient (Wildman–Crippen LogP) is 5.81. The summed E-state index contributed by atoms with van der Waals surface area (Å²) >= 11 is 3.10. The summed E-state index contributed by atoms with van der Waals surface area (Å²) in [6.45, 7) is 7.30. The number of fused-ring (bicyclic) bond motifs is 1. The van der Waals surface area contributed by atoms with Crippen LogP contribution in [0, 0.1) is 23.8 Å². The molecule has 1 aromatic heterocycles. The average molecular weight is 801 g/mol. The lowest BCUT2D eigenvalue weighted by molar-refractivity contribution is -0.394. The van der Waals surface area contributed by atoms with Crippen molar-refractivity contribution >= 4 is 57.3 Å². The van der Waals surface area contributed by atoms with Crippen LogP contribution in [0.4, 0.5) is 11.4 Å². The van der Waals surface area contributed by atoms with Gasteiger partial charge in [-0.25, -0.2) is 9.79 Å². The molecule has 5 rings (SSSR count). The summed E-state index contributed by atoms with van der Waals surface area (Å²) in [4.78, 5) is 53.9. The Morgan fingerprint density at radius 1 is 1.08 bits per heavy atom. The normalized spacial score (nSPS) is 14.3. The summed E-state index contributed by atoms with van der Waals surface area (Å²) < 4.78 is 25.2. The number of allylic oxidation sites excluding steroid dienone is 1. The molecule has 3 aromatic carbocycles. The maximum atomic E-state index is 14.2. The lowest BCUT2D eigenvalue weighted by Crippen LogP contribution is -2.40. The van der Waals surface area contributed by atoms with Crippen molar-refractivity contribution in [3.8, 4) is 23.0 Å². The van der Waals surface area contributed by atoms with Gasteiger partial charge in [-0.2, -0.15) is 0 Å². The summed E-state index contributed by atoms with van der Waals surface area (Å²) in [6, 6.07) is 12.7. The molecule has 0 spiro atoms. The Morgan fingerprint density at radius 3 is 2.47 bits per heavy atom. The molecule has 0 fully saturated rings. The Kier molecular flexibility index (Phi) is 10.5. The first-order valence-corrected chi connectivity index (χ1v) is 16.7. The number of carbonyl (C=O) groups is 1. The minimum absolute atomic E-state index is 0.134. The molecule has 49 heavy (non-hydrogen) atoms. The standard InChI is InChI=1S/C33H29IN4O10S/c1-6-46-32(40)28-18(4)35-33-36(29(28)21-9-7-8-10-24(21)47-17(2)3)31(39)27(49-33)15-19-13-22(34)30(26(14-19)45-5)48-25-12-11-20(37(41)42)16-23(25)38(43)44/h7-17,29H,6H2,1-5H3/b27-15-/t29-/m0/s1. The Bertz CT molecular complexity index is 2210. The molecule has 1 atom stereocenters. The van der Waals surface area contributed by atoms with Crippen LogP contribution < -0.4 is 29.1 Å². The smallest absolute Gasteiger partial charge is 0.338 e. The van der Waals surface area contributed by atoms with Gasteiger partial charge in [-0.3, -0.25) is 29.6 Å². The fraction of sp³-hybridized carbons (Fsp3) is 0.242. The lowest BCUT2D eigenvalue weighted by atomic mass is 9.95. The minimum atomic E-state index is -0.879. The number of para-hydroxylation sites is 1. The zero-order valence-electron chi connectivity index (χ0n) is 26.8. The van der Waals surface area contributed by atoms with E-state index in [0.29, 0.717) is 35.5 Å². The van der Waals surface area contributed by atoms with E-state index < -0.39 is 38.8 Å². The highest BCUT2D eigenvalue weighted by Crippen LogP contribution is 2.41. The third-order valence-electron chi connectivity index (χ3n) is 7.20. The maximum absolute atomic E-state index is 14.2. The van der Waals surface area contributed by atoms with Gasteiger partial charge in [-0.1, -0.05) is 29.5 Å². The molecule has 1 aliphatic heterocycles. The van der Waals surface area contributed by atoms with Gasteiger partial charge in [0.15, 0.2) is 16.3 Å². The van der Waals surface area contributed by atoms with Crippen molar-refractivity contribution < 1.29 is 33.6 Å². The van der Waals surface area contributed by atoms with Crippen molar-refractivity contribution in [1.29, 1.82) is 0 Å². The number of thiazole rings is 1. The van der Waals surface area contributed by atoms with Crippen LogP contribution in [0.25, 0.3) is 6.08 Å². The first kappa shape index (κ1) is 35.2. The van der Waals surface area contributed by atoms with E-state index in [1.807, 2.05) is 42.5 Å². The van der Waals surface area contributed by atoms with Gasteiger partial charge in [0.05, 0.1) is 55.1 Å². The van der Waals surface area contributed by atoms with Crippen LogP contribution in [-0.2, 0) is 9.53 Å². The van der Waals surface area contributed by atoms with E-state index in [1.54, 1.807) is 50.3 Å². The van der Waals surface area contributed by atoms with Gasteiger partial charge in [0.2, 0.25) is 5.75 Å². The monoisotopic (exact) mass is 800 g/mol. The largest absolute Gasteiger partial charge is 0.493 e. The molecule has 0 radical (unpaired) electrons. The third kappa shape index (κ3) is 7.19. The predicted molar refractivity (Wildman–Crippen MR) is 188 cm³/mol. The highest BCUT2D eigenvalue weighted by Gasteiger charge is 2.35. The average Bonchev–Trinajstić information content (AvgIpc) is 3.35. The highest BCUT2D eigenvalue weighted by molar-refractivity contribution is 14.1. The number of methoxy groups -OCH3 is 1. The molecule has 16 heteroatoms. The molecule has 1 aliphatic rings. The first-order valence-electron chi connectivity index (χ1n) is 14.8. The van der Waals surface area contributed by atoms with E-state index in [0.717, 1.165) is 29.5 Å². The number of benzene rings is 3. The number of rotatable bonds is 11. The lowest BCUT2D eigenvalue weighted by Gasteiger charge is -2.26. The number of nitro benzene ring substituents is 2. The van der Waals surface area contributed by atoms with Crippen LogP contribution in [0.15, 0.2) is 75.7 Å². The molecule has 0 N–H and O–H groups in total. The van der Waals surface area contributed by atoms with Gasteiger partial charge in [0.1, 0.15) is 11.8 Å². The molecular weight excluding hydrogens is 771 g/mol. The van der Waals surface area contributed by atoms with Gasteiger partial charge in [0, 0.05) is 11.6 Å². The van der Waals surface area contributed by atoms with E-state index in [9.17, 15) is 29.8 Å². The number of hydrogen-bond acceptors (Lipinski definition) is 12. The minimum Gasteiger partial charge on any atom is -0.493 e. The fourth-order valence-electron chi connectivity index (χ4n) is 5.19. The number of nitro groups is 2. The number of aromatic nitrogens is 1. The van der Waals surface area contributed by atoms with Crippen molar-refractivity contribution in [1.82, 2.24) is 4.57 Å². The highest BCUT2D eigenvalue weighted by atomic mass is 127. The number of non-ortho nitro benzene ring substituents is 1. The molecule has 0 amide bonds. The Labute approximate surface area is 296 Å². The van der Waals surface area contributed by atoms with Crippen LogP contribution in [0.1, 0.15) is 44.9 Å². The second-order valence-corrected chi connectivity index (χ2v) is 13.0. The third-order valence-corrected chi connectivity index (χ3v) is 8.99. The van der Waals surface area contributed by atoms with Crippen molar-refractivity contribution in [2.24, 2.45) is 4.99 Å². The Morgan fingerprint density at radius 2 is 1.82 bits per heavy atom. The molecule has 0 bridgehead atoms. The van der Waals surface area contributed by atoms with E-state index in [4.69, 9.17) is 18.9 Å². The van der Waals surface area contributed by atoms with Crippen LogP contribution in [0.5, 0.6) is 23.0 Å². The molecular formula is C33H29IN4O10S. The Hall–Kier alpha value is -5.10. The SMILES string of the molecule is CCOC(=O)C1=C(C)N=c2s/c(=C\c3cc(I)c(Oc4ccc([N+](=O)[O-])cc4[N+](=O)[O-])c(OC)c3)c(=O)n2[C@H]1c1ccccc1OC(C)C. The summed E-state index contributed by atoms with van der Waals surface area (Å²) in [7, 11) is 1.39. The van der Waals surface area contributed by atoms with Crippen molar-refractivity contribution in [3.05, 3.63) is 120 Å². The molecule has 0 saturated heterocycles. The quantitative estimate of drug-likeness (QED) is 0.0780.